The molecule has 2 heteroatoms. The second-order valence-corrected chi connectivity index (χ2v) is 7.01. The molecule has 1 atom stereocenters. The molecule has 0 bridgehead atoms. The first-order valence-electron chi connectivity index (χ1n) is 8.00. The molecule has 2 aromatic rings. The van der Waals surface area contributed by atoms with Crippen molar-refractivity contribution < 1.29 is 0 Å². The fourth-order valence-corrected chi connectivity index (χ4v) is 4.99. The van der Waals surface area contributed by atoms with E-state index < -0.39 is 0 Å². The SMILES string of the molecule is CCNC(c1csc2ccccc12)C1(CC)CCCC1. The van der Waals surface area contributed by atoms with Gasteiger partial charge in [-0.1, -0.05) is 44.9 Å². The second kappa shape index (κ2) is 5.87. The first kappa shape index (κ1) is 14.1. The van der Waals surface area contributed by atoms with Crippen LogP contribution in [0.25, 0.3) is 10.1 Å². The topological polar surface area (TPSA) is 12.0 Å². The lowest BCUT2D eigenvalue weighted by Crippen LogP contribution is -2.36. The van der Waals surface area contributed by atoms with Crippen LogP contribution in [-0.2, 0) is 0 Å². The summed E-state index contributed by atoms with van der Waals surface area (Å²) < 4.78 is 1.43. The predicted molar refractivity (Wildman–Crippen MR) is 89.4 cm³/mol. The van der Waals surface area contributed by atoms with Crippen LogP contribution < -0.4 is 5.32 Å². The van der Waals surface area contributed by atoms with Crippen LogP contribution in [0.4, 0.5) is 0 Å². The number of rotatable bonds is 5. The molecule has 1 nitrogen and oxygen atoms in total. The molecule has 1 aliphatic rings. The highest BCUT2D eigenvalue weighted by molar-refractivity contribution is 7.17. The Hall–Kier alpha value is -0.860. The first-order chi connectivity index (χ1) is 9.80. The minimum absolute atomic E-state index is 0.472. The molecule has 1 fully saturated rings. The second-order valence-electron chi connectivity index (χ2n) is 6.10. The van der Waals surface area contributed by atoms with Gasteiger partial charge in [-0.3, -0.25) is 0 Å². The molecule has 0 spiro atoms. The number of thiophene rings is 1. The molecule has 108 valence electrons. The molecule has 0 amide bonds. The van der Waals surface area contributed by atoms with E-state index in [-0.39, 0.29) is 0 Å². The summed E-state index contributed by atoms with van der Waals surface area (Å²) in [6.45, 7) is 5.67. The molecule has 1 aromatic heterocycles. The third-order valence-electron chi connectivity index (χ3n) is 5.15. The Morgan fingerprint density at radius 1 is 1.20 bits per heavy atom. The van der Waals surface area contributed by atoms with Crippen LogP contribution in [0.5, 0.6) is 0 Å². The standard InChI is InChI=1S/C18H25NS/c1-3-18(11-7-8-12-18)17(19-4-2)15-13-20-16-10-6-5-9-14(15)16/h5-6,9-10,13,17,19H,3-4,7-8,11-12H2,1-2H3. The summed E-state index contributed by atoms with van der Waals surface area (Å²) in [5.41, 5.74) is 2.01. The Morgan fingerprint density at radius 2 is 1.95 bits per heavy atom. The van der Waals surface area contributed by atoms with Gasteiger partial charge in [-0.05, 0) is 53.6 Å². The quantitative estimate of drug-likeness (QED) is 0.763. The lowest BCUT2D eigenvalue weighted by Gasteiger charge is -2.37. The number of benzene rings is 1. The molecule has 1 unspecified atom stereocenters. The van der Waals surface area contributed by atoms with Gasteiger partial charge in [-0.15, -0.1) is 11.3 Å². The van der Waals surface area contributed by atoms with Gasteiger partial charge in [-0.25, -0.2) is 0 Å². The van der Waals surface area contributed by atoms with Gasteiger partial charge in [0.25, 0.3) is 0 Å². The summed E-state index contributed by atoms with van der Waals surface area (Å²) >= 11 is 1.90. The van der Waals surface area contributed by atoms with Gasteiger partial charge in [0.05, 0.1) is 0 Å². The molecular formula is C18H25NS. The molecule has 1 saturated carbocycles. The van der Waals surface area contributed by atoms with Crippen molar-refractivity contribution in [1.82, 2.24) is 5.32 Å². The van der Waals surface area contributed by atoms with Crippen molar-refractivity contribution in [2.45, 2.75) is 52.0 Å². The summed E-state index contributed by atoms with van der Waals surface area (Å²) in [5.74, 6) is 0. The Morgan fingerprint density at radius 3 is 2.65 bits per heavy atom. The van der Waals surface area contributed by atoms with Gasteiger partial charge in [0.1, 0.15) is 0 Å². The lowest BCUT2D eigenvalue weighted by atomic mass is 9.73. The van der Waals surface area contributed by atoms with Crippen molar-refractivity contribution in [2.75, 3.05) is 6.54 Å². The molecule has 0 aliphatic heterocycles. The summed E-state index contributed by atoms with van der Waals surface area (Å²) in [6.07, 6.45) is 6.85. The number of hydrogen-bond donors (Lipinski definition) is 1. The summed E-state index contributed by atoms with van der Waals surface area (Å²) in [5, 5.41) is 7.68. The average Bonchev–Trinajstić information content (AvgIpc) is 3.13. The van der Waals surface area contributed by atoms with E-state index in [0.717, 1.165) is 6.54 Å². The highest BCUT2D eigenvalue weighted by atomic mass is 32.1. The lowest BCUT2D eigenvalue weighted by molar-refractivity contribution is 0.190. The van der Waals surface area contributed by atoms with Crippen molar-refractivity contribution in [3.8, 4) is 0 Å². The Bertz CT molecular complexity index is 566. The first-order valence-corrected chi connectivity index (χ1v) is 8.88. The van der Waals surface area contributed by atoms with Gasteiger partial charge in [0.2, 0.25) is 0 Å². The maximum atomic E-state index is 3.82. The third-order valence-corrected chi connectivity index (χ3v) is 6.13. The largest absolute Gasteiger partial charge is 0.310 e. The van der Waals surface area contributed by atoms with Crippen LogP contribution in [0, 0.1) is 5.41 Å². The van der Waals surface area contributed by atoms with E-state index in [1.165, 1.54) is 47.8 Å². The zero-order valence-electron chi connectivity index (χ0n) is 12.6. The van der Waals surface area contributed by atoms with Crippen molar-refractivity contribution in [3.63, 3.8) is 0 Å². The van der Waals surface area contributed by atoms with Crippen molar-refractivity contribution >= 4 is 21.4 Å². The van der Waals surface area contributed by atoms with Gasteiger partial charge in [-0.2, -0.15) is 0 Å². The maximum Gasteiger partial charge on any atom is 0.0391 e. The zero-order valence-corrected chi connectivity index (χ0v) is 13.4. The molecular weight excluding hydrogens is 262 g/mol. The number of hydrogen-bond acceptors (Lipinski definition) is 2. The predicted octanol–water partition coefficient (Wildman–Crippen LogP) is 5.52. The van der Waals surface area contributed by atoms with Gasteiger partial charge in [0.15, 0.2) is 0 Å². The van der Waals surface area contributed by atoms with E-state index in [0.29, 0.717) is 11.5 Å². The Balaban J connectivity index is 2.06. The van der Waals surface area contributed by atoms with Crippen LogP contribution in [0.3, 0.4) is 0 Å². The van der Waals surface area contributed by atoms with Crippen molar-refractivity contribution in [2.24, 2.45) is 5.41 Å². The maximum absolute atomic E-state index is 3.82. The smallest absolute Gasteiger partial charge is 0.0391 e. The van der Waals surface area contributed by atoms with E-state index in [9.17, 15) is 0 Å². The monoisotopic (exact) mass is 287 g/mol. The fraction of sp³-hybridized carbons (Fsp3) is 0.556. The minimum Gasteiger partial charge on any atom is -0.310 e. The van der Waals surface area contributed by atoms with Crippen LogP contribution in [-0.4, -0.2) is 6.54 Å². The molecule has 1 heterocycles. The fourth-order valence-electron chi connectivity index (χ4n) is 4.01. The van der Waals surface area contributed by atoms with E-state index in [1.807, 2.05) is 11.3 Å². The minimum atomic E-state index is 0.472. The third kappa shape index (κ3) is 2.29. The zero-order chi connectivity index (χ0) is 14.0. The highest BCUT2D eigenvalue weighted by Crippen LogP contribution is 2.51. The summed E-state index contributed by atoms with van der Waals surface area (Å²) in [7, 11) is 0. The molecule has 0 radical (unpaired) electrons. The van der Waals surface area contributed by atoms with Crippen LogP contribution in [0.15, 0.2) is 29.6 Å². The molecule has 3 rings (SSSR count). The average molecular weight is 287 g/mol. The van der Waals surface area contributed by atoms with Crippen molar-refractivity contribution in [1.29, 1.82) is 0 Å². The normalized spacial score (nSPS) is 19.5. The van der Waals surface area contributed by atoms with Gasteiger partial charge in [0, 0.05) is 10.7 Å². The summed E-state index contributed by atoms with van der Waals surface area (Å²) in [4.78, 5) is 0. The van der Waals surface area contributed by atoms with E-state index in [1.54, 1.807) is 0 Å². The van der Waals surface area contributed by atoms with Crippen LogP contribution in [0.2, 0.25) is 0 Å². The molecule has 1 aromatic carbocycles. The van der Waals surface area contributed by atoms with Crippen molar-refractivity contribution in [3.05, 3.63) is 35.2 Å². The molecule has 1 aliphatic carbocycles. The van der Waals surface area contributed by atoms with E-state index in [4.69, 9.17) is 0 Å². The van der Waals surface area contributed by atoms with Crippen LogP contribution >= 0.6 is 11.3 Å². The highest BCUT2D eigenvalue weighted by Gasteiger charge is 2.40. The van der Waals surface area contributed by atoms with Crippen LogP contribution in [0.1, 0.15) is 57.6 Å². The number of nitrogens with one attached hydrogen (secondary N) is 1. The van der Waals surface area contributed by atoms with E-state index >= 15 is 0 Å². The van der Waals surface area contributed by atoms with Gasteiger partial charge >= 0.3 is 0 Å². The Kier molecular flexibility index (Phi) is 4.13. The molecule has 0 saturated heterocycles. The van der Waals surface area contributed by atoms with Gasteiger partial charge < -0.3 is 5.32 Å². The Labute approximate surface area is 126 Å². The molecule has 20 heavy (non-hydrogen) atoms. The molecule has 1 N–H and O–H groups in total. The number of fused-ring (bicyclic) bond motifs is 1. The summed E-state index contributed by atoms with van der Waals surface area (Å²) in [6, 6.07) is 9.39. The van der Waals surface area contributed by atoms with E-state index in [2.05, 4.69) is 48.8 Å².